The Bertz CT molecular complexity index is 401. The van der Waals surface area contributed by atoms with E-state index in [0.717, 1.165) is 32.0 Å². The van der Waals surface area contributed by atoms with Gasteiger partial charge in [-0.1, -0.05) is 17.7 Å². The zero-order chi connectivity index (χ0) is 12.5. The molecule has 0 unspecified atom stereocenters. The summed E-state index contributed by atoms with van der Waals surface area (Å²) in [5.41, 5.74) is -0.208. The molecule has 1 heterocycles. The molecule has 6 heteroatoms. The maximum Gasteiger partial charge on any atom is 0.416 e. The third-order valence-electron chi connectivity index (χ3n) is 3.10. The van der Waals surface area contributed by atoms with Gasteiger partial charge in [0.15, 0.2) is 0 Å². The minimum Gasteiger partial charge on any atom is -0.317 e. The molecule has 0 atom stereocenters. The van der Waals surface area contributed by atoms with Crippen molar-refractivity contribution in [3.8, 4) is 0 Å². The van der Waals surface area contributed by atoms with E-state index in [-0.39, 0.29) is 23.3 Å². The number of benzene rings is 1. The lowest BCUT2D eigenvalue weighted by Gasteiger charge is -2.25. The summed E-state index contributed by atoms with van der Waals surface area (Å²) in [4.78, 5) is 0. The molecule has 1 aliphatic heterocycles. The van der Waals surface area contributed by atoms with Gasteiger partial charge in [0.1, 0.15) is 0 Å². The van der Waals surface area contributed by atoms with Gasteiger partial charge in [0.25, 0.3) is 0 Å². The molecule has 0 bridgehead atoms. The Balaban J connectivity index is 0.00000162. The molecule has 0 spiro atoms. The first-order valence-corrected chi connectivity index (χ1v) is 5.93. The molecule has 0 amide bonds. The summed E-state index contributed by atoms with van der Waals surface area (Å²) in [6.07, 6.45) is -2.85. The molecule has 0 radical (unpaired) electrons. The molecule has 0 aliphatic carbocycles. The van der Waals surface area contributed by atoms with Crippen LogP contribution in [0.1, 0.15) is 29.9 Å². The van der Waals surface area contributed by atoms with Gasteiger partial charge in [0, 0.05) is 5.02 Å². The quantitative estimate of drug-likeness (QED) is 0.817. The van der Waals surface area contributed by atoms with Gasteiger partial charge in [-0.3, -0.25) is 0 Å². The zero-order valence-electron chi connectivity index (χ0n) is 9.56. The van der Waals surface area contributed by atoms with Crippen LogP contribution in [0, 0.1) is 0 Å². The highest BCUT2D eigenvalue weighted by atomic mass is 35.5. The summed E-state index contributed by atoms with van der Waals surface area (Å²) in [6, 6.07) is 4.08. The van der Waals surface area contributed by atoms with Crippen molar-refractivity contribution < 1.29 is 13.2 Å². The number of alkyl halides is 3. The van der Waals surface area contributed by atoms with E-state index in [0.29, 0.717) is 5.56 Å². The number of hydrogen-bond acceptors (Lipinski definition) is 1. The molecule has 0 aromatic heterocycles. The van der Waals surface area contributed by atoms with Crippen LogP contribution >= 0.6 is 24.0 Å². The fourth-order valence-electron chi connectivity index (χ4n) is 2.26. The van der Waals surface area contributed by atoms with Crippen molar-refractivity contribution in [3.63, 3.8) is 0 Å². The fraction of sp³-hybridized carbons (Fsp3) is 0.500. The molecule has 1 nitrogen and oxygen atoms in total. The van der Waals surface area contributed by atoms with Crippen molar-refractivity contribution >= 4 is 24.0 Å². The van der Waals surface area contributed by atoms with Gasteiger partial charge < -0.3 is 5.32 Å². The first-order chi connectivity index (χ1) is 7.98. The third kappa shape index (κ3) is 3.53. The highest BCUT2D eigenvalue weighted by molar-refractivity contribution is 6.30. The van der Waals surface area contributed by atoms with Crippen LogP contribution in [-0.2, 0) is 6.18 Å². The summed E-state index contributed by atoms with van der Waals surface area (Å²) in [5, 5.41) is 3.28. The van der Waals surface area contributed by atoms with E-state index < -0.39 is 11.7 Å². The topological polar surface area (TPSA) is 12.0 Å². The van der Waals surface area contributed by atoms with E-state index in [1.807, 2.05) is 0 Å². The van der Waals surface area contributed by atoms with Crippen molar-refractivity contribution in [1.82, 2.24) is 5.32 Å². The van der Waals surface area contributed by atoms with E-state index in [1.165, 1.54) is 12.1 Å². The second kappa shape index (κ2) is 6.13. The van der Waals surface area contributed by atoms with Crippen LogP contribution in [0.25, 0.3) is 0 Å². The second-order valence-electron chi connectivity index (χ2n) is 4.25. The largest absolute Gasteiger partial charge is 0.416 e. The minimum atomic E-state index is -4.33. The van der Waals surface area contributed by atoms with E-state index in [2.05, 4.69) is 5.32 Å². The van der Waals surface area contributed by atoms with Crippen LogP contribution in [0.4, 0.5) is 13.2 Å². The maximum atomic E-state index is 12.9. The van der Waals surface area contributed by atoms with Gasteiger partial charge in [0.2, 0.25) is 0 Å². The number of piperidine rings is 1. The van der Waals surface area contributed by atoms with Gasteiger partial charge in [0.05, 0.1) is 5.56 Å². The molecule has 102 valence electrons. The molecule has 1 N–H and O–H groups in total. The first-order valence-electron chi connectivity index (χ1n) is 5.56. The molecule has 0 saturated carbocycles. The van der Waals surface area contributed by atoms with Gasteiger partial charge in [-0.25, -0.2) is 0 Å². The number of halogens is 5. The second-order valence-corrected chi connectivity index (χ2v) is 4.69. The smallest absolute Gasteiger partial charge is 0.317 e. The van der Waals surface area contributed by atoms with Crippen LogP contribution in [0.15, 0.2) is 18.2 Å². The monoisotopic (exact) mass is 299 g/mol. The Kier molecular flexibility index (Phi) is 5.32. The minimum absolute atomic E-state index is 0. The highest BCUT2D eigenvalue weighted by Gasteiger charge is 2.35. The molecule has 1 fully saturated rings. The van der Waals surface area contributed by atoms with E-state index in [9.17, 15) is 13.2 Å². The predicted octanol–water partition coefficient (Wildman–Crippen LogP) is 4.25. The Labute approximate surface area is 115 Å². The Morgan fingerprint density at radius 3 is 2.33 bits per heavy atom. The maximum absolute atomic E-state index is 12.9. The molecule has 1 aromatic rings. The lowest BCUT2D eigenvalue weighted by atomic mass is 9.87. The van der Waals surface area contributed by atoms with Crippen LogP contribution in [0.2, 0.25) is 5.02 Å². The van der Waals surface area contributed by atoms with E-state index in [1.54, 1.807) is 0 Å². The van der Waals surface area contributed by atoms with Crippen molar-refractivity contribution in [3.05, 3.63) is 34.3 Å². The Hall–Kier alpha value is -0.450. The Morgan fingerprint density at radius 2 is 1.78 bits per heavy atom. The average Bonchev–Trinajstić information content (AvgIpc) is 2.29. The van der Waals surface area contributed by atoms with Gasteiger partial charge in [-0.2, -0.15) is 13.2 Å². The van der Waals surface area contributed by atoms with Gasteiger partial charge >= 0.3 is 6.18 Å². The van der Waals surface area contributed by atoms with E-state index >= 15 is 0 Å². The van der Waals surface area contributed by atoms with Gasteiger partial charge in [-0.05, 0) is 49.5 Å². The van der Waals surface area contributed by atoms with Crippen LogP contribution in [0.3, 0.4) is 0 Å². The van der Waals surface area contributed by atoms with Crippen LogP contribution < -0.4 is 5.32 Å². The summed E-state index contributed by atoms with van der Waals surface area (Å²) in [7, 11) is 0. The molecule has 1 aliphatic rings. The SMILES string of the molecule is Cl.FC(F)(F)c1cc(Cl)ccc1C1CCNCC1. The highest BCUT2D eigenvalue weighted by Crippen LogP contribution is 2.39. The number of hydrogen-bond donors (Lipinski definition) is 1. The summed E-state index contributed by atoms with van der Waals surface area (Å²) < 4.78 is 38.7. The van der Waals surface area contributed by atoms with Crippen molar-refractivity contribution in [2.75, 3.05) is 13.1 Å². The van der Waals surface area contributed by atoms with Crippen molar-refractivity contribution in [2.24, 2.45) is 0 Å². The Morgan fingerprint density at radius 1 is 1.17 bits per heavy atom. The van der Waals surface area contributed by atoms with Crippen molar-refractivity contribution in [1.29, 1.82) is 0 Å². The van der Waals surface area contributed by atoms with Crippen molar-refractivity contribution in [2.45, 2.75) is 24.9 Å². The standard InChI is InChI=1S/C12H13ClF3N.ClH/c13-9-1-2-10(8-3-5-17-6-4-8)11(7-9)12(14,15)16;/h1-2,7-8,17H,3-6H2;1H. The normalized spacial score (nSPS) is 17.3. The molecule has 1 saturated heterocycles. The summed E-state index contributed by atoms with van der Waals surface area (Å²) in [6.45, 7) is 1.54. The number of rotatable bonds is 1. The molecular formula is C12H14Cl2F3N. The first kappa shape index (κ1) is 15.6. The molecular weight excluding hydrogens is 286 g/mol. The van der Waals surface area contributed by atoms with Crippen LogP contribution in [-0.4, -0.2) is 13.1 Å². The average molecular weight is 300 g/mol. The van der Waals surface area contributed by atoms with Gasteiger partial charge in [-0.15, -0.1) is 12.4 Å². The fourth-order valence-corrected chi connectivity index (χ4v) is 2.44. The summed E-state index contributed by atoms with van der Waals surface area (Å²) >= 11 is 5.65. The van der Waals surface area contributed by atoms with E-state index in [4.69, 9.17) is 11.6 Å². The predicted molar refractivity (Wildman–Crippen MR) is 68.5 cm³/mol. The third-order valence-corrected chi connectivity index (χ3v) is 3.33. The molecule has 2 rings (SSSR count). The number of nitrogens with one attached hydrogen (secondary N) is 1. The lowest BCUT2D eigenvalue weighted by molar-refractivity contribution is -0.138. The zero-order valence-corrected chi connectivity index (χ0v) is 11.1. The molecule has 18 heavy (non-hydrogen) atoms. The summed E-state index contributed by atoms with van der Waals surface area (Å²) in [5.74, 6) is -0.0230. The lowest BCUT2D eigenvalue weighted by Crippen LogP contribution is -2.27. The molecule has 1 aromatic carbocycles. The van der Waals surface area contributed by atoms with Crippen LogP contribution in [0.5, 0.6) is 0 Å².